The molecule has 12 heteroatoms. The van der Waals surface area contributed by atoms with Crippen molar-refractivity contribution in [3.63, 3.8) is 0 Å². The fourth-order valence-corrected chi connectivity index (χ4v) is 3.82. The average molecular weight is 426 g/mol. The highest BCUT2D eigenvalue weighted by Crippen LogP contribution is 2.39. The van der Waals surface area contributed by atoms with Crippen LogP contribution < -0.4 is 10.5 Å². The summed E-state index contributed by atoms with van der Waals surface area (Å²) in [4.78, 5) is 7.77. The molecule has 1 saturated carbocycles. The van der Waals surface area contributed by atoms with Crippen LogP contribution in [0.5, 0.6) is 5.75 Å². The molecule has 1 aliphatic rings. The second-order valence-corrected chi connectivity index (χ2v) is 8.31. The van der Waals surface area contributed by atoms with Gasteiger partial charge >= 0.3 is 6.36 Å². The number of alkyl halides is 3. The van der Waals surface area contributed by atoms with Crippen LogP contribution in [-0.4, -0.2) is 29.9 Å². The Labute approximate surface area is 162 Å². The van der Waals surface area contributed by atoms with Crippen molar-refractivity contribution < 1.29 is 30.8 Å². The Bertz CT molecular complexity index is 1160. The predicted molar refractivity (Wildman–Crippen MR) is 92.5 cm³/mol. The quantitative estimate of drug-likeness (QED) is 0.659. The molecule has 3 aromatic rings. The minimum absolute atomic E-state index is 0.00842. The van der Waals surface area contributed by atoms with Gasteiger partial charge in [-0.3, -0.25) is 0 Å². The van der Waals surface area contributed by atoms with Gasteiger partial charge in [0.15, 0.2) is 11.5 Å². The monoisotopic (exact) mass is 426 g/mol. The topological polar surface area (TPSA) is 121 Å². The minimum Gasteiger partial charge on any atom is -0.406 e. The van der Waals surface area contributed by atoms with Crippen LogP contribution in [0.1, 0.15) is 24.6 Å². The molecular formula is C17H13F3N4O4S. The summed E-state index contributed by atoms with van der Waals surface area (Å²) < 4.78 is 71.0. The van der Waals surface area contributed by atoms with Crippen molar-refractivity contribution in [1.82, 2.24) is 15.1 Å². The van der Waals surface area contributed by atoms with E-state index in [1.165, 1.54) is 6.07 Å². The highest BCUT2D eigenvalue weighted by molar-refractivity contribution is 7.91. The lowest BCUT2D eigenvalue weighted by molar-refractivity contribution is -0.274. The summed E-state index contributed by atoms with van der Waals surface area (Å²) in [7, 11) is -4.07. The fourth-order valence-electron chi connectivity index (χ4n) is 2.58. The van der Waals surface area contributed by atoms with E-state index in [0.717, 1.165) is 43.3 Å². The molecule has 0 unspecified atom stereocenters. The van der Waals surface area contributed by atoms with Gasteiger partial charge in [0.05, 0.1) is 15.5 Å². The third-order valence-corrected chi connectivity index (χ3v) is 5.89. The van der Waals surface area contributed by atoms with E-state index in [9.17, 15) is 21.6 Å². The summed E-state index contributed by atoms with van der Waals surface area (Å²) in [5.74, 6) is 0.367. The Balaban J connectivity index is 1.60. The van der Waals surface area contributed by atoms with Gasteiger partial charge < -0.3 is 15.0 Å². The third kappa shape index (κ3) is 4.01. The lowest BCUT2D eigenvalue weighted by Gasteiger charge is -2.10. The number of hydrogen-bond donors (Lipinski definition) is 1. The molecule has 0 atom stereocenters. The second kappa shape index (κ2) is 6.72. The van der Waals surface area contributed by atoms with Gasteiger partial charge in [0.25, 0.3) is 5.89 Å². The Morgan fingerprint density at radius 2 is 1.83 bits per heavy atom. The fraction of sp³-hybridized carbons (Fsp3) is 0.235. The number of aromatic nitrogens is 3. The van der Waals surface area contributed by atoms with Gasteiger partial charge in [0.1, 0.15) is 5.75 Å². The molecule has 2 heterocycles. The van der Waals surface area contributed by atoms with E-state index in [0.29, 0.717) is 5.82 Å². The molecule has 152 valence electrons. The van der Waals surface area contributed by atoms with E-state index in [-0.39, 0.29) is 33.0 Å². The maximum absolute atomic E-state index is 12.7. The summed E-state index contributed by atoms with van der Waals surface area (Å²) in [5.41, 5.74) is 6.08. The number of benzene rings is 1. The Hall–Kier alpha value is -3.15. The van der Waals surface area contributed by atoms with Gasteiger partial charge in [-0.05, 0) is 43.2 Å². The van der Waals surface area contributed by atoms with Gasteiger partial charge in [-0.1, -0.05) is 5.16 Å². The molecule has 0 saturated heterocycles. The number of pyridine rings is 1. The van der Waals surface area contributed by atoms with Crippen LogP contribution in [0.3, 0.4) is 0 Å². The molecule has 1 aromatic carbocycles. The standard InChI is InChI=1S/C17H13F3N4O4S/c18-17(19,20)27-10-3-5-11(6-4-10)29(25,26)12-7-13(21)14(22-8-12)16-23-15(24-28-16)9-1-2-9/h3-9H,1-2,21H2. The van der Waals surface area contributed by atoms with Gasteiger partial charge in [-0.25, -0.2) is 13.4 Å². The van der Waals surface area contributed by atoms with Crippen molar-refractivity contribution in [3.8, 4) is 17.3 Å². The zero-order chi connectivity index (χ0) is 20.8. The number of nitrogens with zero attached hydrogens (tertiary/aromatic N) is 3. The molecule has 0 radical (unpaired) electrons. The zero-order valence-corrected chi connectivity index (χ0v) is 15.4. The number of nitrogen functional groups attached to an aromatic ring is 1. The van der Waals surface area contributed by atoms with Crippen molar-refractivity contribution in [2.24, 2.45) is 0 Å². The van der Waals surface area contributed by atoms with Crippen molar-refractivity contribution in [3.05, 3.63) is 42.4 Å². The van der Waals surface area contributed by atoms with E-state index in [1.54, 1.807) is 0 Å². The summed E-state index contributed by atoms with van der Waals surface area (Å²) >= 11 is 0. The number of halogens is 3. The first-order chi connectivity index (χ1) is 13.6. The Morgan fingerprint density at radius 3 is 2.41 bits per heavy atom. The van der Waals surface area contributed by atoms with Crippen LogP contribution in [-0.2, 0) is 9.84 Å². The Kier molecular flexibility index (Phi) is 4.45. The van der Waals surface area contributed by atoms with Crippen LogP contribution in [0.2, 0.25) is 0 Å². The summed E-state index contributed by atoms with van der Waals surface area (Å²) in [6, 6.07) is 4.99. The molecule has 8 nitrogen and oxygen atoms in total. The van der Waals surface area contributed by atoms with Crippen LogP contribution in [0.25, 0.3) is 11.6 Å². The first-order valence-electron chi connectivity index (χ1n) is 8.34. The van der Waals surface area contributed by atoms with E-state index in [4.69, 9.17) is 10.3 Å². The van der Waals surface area contributed by atoms with Crippen molar-refractivity contribution in [2.45, 2.75) is 34.9 Å². The molecule has 0 aliphatic heterocycles. The van der Waals surface area contributed by atoms with E-state index in [1.807, 2.05) is 0 Å². The SMILES string of the molecule is Nc1cc(S(=O)(=O)c2ccc(OC(F)(F)F)cc2)cnc1-c1nc(C2CC2)no1. The second-order valence-electron chi connectivity index (χ2n) is 6.36. The highest BCUT2D eigenvalue weighted by Gasteiger charge is 2.32. The third-order valence-electron chi connectivity index (χ3n) is 4.16. The van der Waals surface area contributed by atoms with Crippen LogP contribution >= 0.6 is 0 Å². The van der Waals surface area contributed by atoms with E-state index < -0.39 is 21.9 Å². The first kappa shape index (κ1) is 19.2. The number of rotatable bonds is 5. The van der Waals surface area contributed by atoms with Crippen LogP contribution in [0.4, 0.5) is 18.9 Å². The first-order valence-corrected chi connectivity index (χ1v) is 9.82. The summed E-state index contributed by atoms with van der Waals surface area (Å²) in [6.45, 7) is 0. The van der Waals surface area contributed by atoms with Gasteiger partial charge in [-0.15, -0.1) is 13.2 Å². The molecule has 1 fully saturated rings. The molecule has 4 rings (SSSR count). The average Bonchev–Trinajstić information content (AvgIpc) is 3.38. The van der Waals surface area contributed by atoms with Crippen LogP contribution in [0, 0.1) is 0 Å². The molecule has 0 bridgehead atoms. The minimum atomic E-state index is -4.87. The lowest BCUT2D eigenvalue weighted by atomic mass is 10.3. The van der Waals surface area contributed by atoms with E-state index >= 15 is 0 Å². The van der Waals surface area contributed by atoms with Crippen molar-refractivity contribution >= 4 is 15.5 Å². The summed E-state index contributed by atoms with van der Waals surface area (Å²) in [6.07, 6.45) is -1.84. The number of ether oxygens (including phenoxy) is 1. The largest absolute Gasteiger partial charge is 0.573 e. The van der Waals surface area contributed by atoms with Gasteiger partial charge in [0, 0.05) is 12.1 Å². The van der Waals surface area contributed by atoms with Crippen molar-refractivity contribution in [1.29, 1.82) is 0 Å². The van der Waals surface area contributed by atoms with Gasteiger partial charge in [0.2, 0.25) is 9.84 Å². The molecule has 0 spiro atoms. The molecule has 0 amide bonds. The smallest absolute Gasteiger partial charge is 0.406 e. The maximum Gasteiger partial charge on any atom is 0.573 e. The van der Waals surface area contributed by atoms with Crippen LogP contribution in [0.15, 0.2) is 50.8 Å². The maximum atomic E-state index is 12.7. The summed E-state index contributed by atoms with van der Waals surface area (Å²) in [5, 5.41) is 3.86. The number of sulfone groups is 1. The molecule has 29 heavy (non-hydrogen) atoms. The number of hydrogen-bond acceptors (Lipinski definition) is 8. The normalized spacial score (nSPS) is 14.7. The molecule has 1 aliphatic carbocycles. The molecule has 2 N–H and O–H groups in total. The van der Waals surface area contributed by atoms with Gasteiger partial charge in [-0.2, -0.15) is 4.98 Å². The Morgan fingerprint density at radius 1 is 1.14 bits per heavy atom. The molecular weight excluding hydrogens is 413 g/mol. The number of nitrogens with two attached hydrogens (primary N) is 1. The lowest BCUT2D eigenvalue weighted by Crippen LogP contribution is -2.17. The predicted octanol–water partition coefficient (Wildman–Crippen LogP) is 3.32. The highest BCUT2D eigenvalue weighted by atomic mass is 32.2. The molecule has 2 aromatic heterocycles. The van der Waals surface area contributed by atoms with E-state index in [2.05, 4.69) is 19.9 Å². The number of anilines is 1. The zero-order valence-electron chi connectivity index (χ0n) is 14.5. The van der Waals surface area contributed by atoms with Crippen molar-refractivity contribution in [2.75, 3.05) is 5.73 Å².